The summed E-state index contributed by atoms with van der Waals surface area (Å²) >= 11 is 3.55. The summed E-state index contributed by atoms with van der Waals surface area (Å²) in [7, 11) is 0. The zero-order valence-corrected chi connectivity index (χ0v) is 18.2. The van der Waals surface area contributed by atoms with Gasteiger partial charge >= 0.3 is 0 Å². The van der Waals surface area contributed by atoms with Crippen LogP contribution in [-0.2, 0) is 0 Å². The molecule has 0 bridgehead atoms. The summed E-state index contributed by atoms with van der Waals surface area (Å²) in [5.41, 5.74) is 6.97. The van der Waals surface area contributed by atoms with Crippen LogP contribution in [0.1, 0.15) is 29.5 Å². The van der Waals surface area contributed by atoms with Crippen molar-refractivity contribution < 1.29 is 9.47 Å². The topological polar surface area (TPSA) is 21.7 Å². The lowest BCUT2D eigenvalue weighted by molar-refractivity contribution is 0.0565. The van der Waals surface area contributed by atoms with E-state index in [2.05, 4.69) is 57.6 Å². The summed E-state index contributed by atoms with van der Waals surface area (Å²) in [6, 6.07) is 10.7. The number of thiophene rings is 2. The van der Waals surface area contributed by atoms with Crippen molar-refractivity contribution >= 4 is 28.2 Å². The fourth-order valence-corrected chi connectivity index (χ4v) is 5.54. The zero-order valence-electron chi connectivity index (χ0n) is 16.6. The molecule has 5 heteroatoms. The Morgan fingerprint density at radius 1 is 1.00 bits per heavy atom. The molecule has 0 aliphatic carbocycles. The Balaban J connectivity index is 1.26. The third-order valence-corrected chi connectivity index (χ3v) is 7.08. The fraction of sp³-hybridized carbons (Fsp3) is 0.333. The fourth-order valence-electron chi connectivity index (χ4n) is 4.24. The lowest BCUT2D eigenvalue weighted by atomic mass is 9.91. The van der Waals surface area contributed by atoms with Gasteiger partial charge in [-0.3, -0.25) is 4.90 Å². The van der Waals surface area contributed by atoms with E-state index in [-0.39, 0.29) is 6.10 Å². The molecule has 150 valence electrons. The van der Waals surface area contributed by atoms with Crippen LogP contribution in [0, 0.1) is 6.92 Å². The highest BCUT2D eigenvalue weighted by atomic mass is 32.1. The Morgan fingerprint density at radius 3 is 2.38 bits per heavy atom. The average Bonchev–Trinajstić information content (AvgIpc) is 3.45. The first-order valence-corrected chi connectivity index (χ1v) is 12.0. The first-order chi connectivity index (χ1) is 14.3. The van der Waals surface area contributed by atoms with Crippen molar-refractivity contribution in [2.75, 3.05) is 26.2 Å². The standard InChI is InChI=1S/C24H25NO2S2/c1-17-2-3-22-23(12-17)26-14-21(27-22)13-25-8-4-18(5-9-25)24(19-6-10-28-15-19)20-7-11-29-16-20/h2-3,6-7,10-12,15-16,21H,4-5,8-9,13-14H2,1H3. The molecule has 0 saturated carbocycles. The maximum Gasteiger partial charge on any atom is 0.161 e. The van der Waals surface area contributed by atoms with Crippen LogP contribution in [0.5, 0.6) is 11.5 Å². The highest BCUT2D eigenvalue weighted by molar-refractivity contribution is 7.08. The van der Waals surface area contributed by atoms with Crippen LogP contribution < -0.4 is 9.47 Å². The van der Waals surface area contributed by atoms with E-state index in [4.69, 9.17) is 9.47 Å². The van der Waals surface area contributed by atoms with Crippen LogP contribution in [0.2, 0.25) is 0 Å². The zero-order chi connectivity index (χ0) is 19.6. The Labute approximate surface area is 180 Å². The van der Waals surface area contributed by atoms with Crippen molar-refractivity contribution in [3.8, 4) is 11.5 Å². The second-order valence-electron chi connectivity index (χ2n) is 7.80. The number of hydrogen-bond donors (Lipinski definition) is 0. The van der Waals surface area contributed by atoms with E-state index in [9.17, 15) is 0 Å². The lowest BCUT2D eigenvalue weighted by Crippen LogP contribution is -2.43. The molecule has 1 atom stereocenters. The number of ether oxygens (including phenoxy) is 2. The number of nitrogens with zero attached hydrogens (tertiary/aromatic N) is 1. The third kappa shape index (κ3) is 4.13. The minimum Gasteiger partial charge on any atom is -0.486 e. The molecule has 0 spiro atoms. The molecule has 1 aromatic carbocycles. The Hall–Kier alpha value is -2.08. The van der Waals surface area contributed by atoms with E-state index in [1.54, 1.807) is 28.2 Å². The summed E-state index contributed by atoms with van der Waals surface area (Å²) in [5.74, 6) is 1.75. The van der Waals surface area contributed by atoms with Gasteiger partial charge in [-0.1, -0.05) is 11.6 Å². The molecule has 2 aromatic heterocycles. The van der Waals surface area contributed by atoms with Crippen molar-refractivity contribution in [1.29, 1.82) is 0 Å². The van der Waals surface area contributed by atoms with Crippen LogP contribution in [0.25, 0.3) is 5.57 Å². The van der Waals surface area contributed by atoms with Crippen molar-refractivity contribution in [1.82, 2.24) is 4.90 Å². The quantitative estimate of drug-likeness (QED) is 0.525. The van der Waals surface area contributed by atoms with Gasteiger partial charge in [0.15, 0.2) is 11.5 Å². The minimum absolute atomic E-state index is 0.101. The summed E-state index contributed by atoms with van der Waals surface area (Å²) in [4.78, 5) is 2.52. The smallest absolute Gasteiger partial charge is 0.161 e. The number of aryl methyl sites for hydroxylation is 1. The molecule has 0 radical (unpaired) electrons. The molecule has 3 aromatic rings. The first-order valence-electron chi connectivity index (χ1n) is 10.2. The van der Waals surface area contributed by atoms with E-state index in [0.717, 1.165) is 44.0 Å². The monoisotopic (exact) mass is 423 g/mol. The maximum absolute atomic E-state index is 6.21. The van der Waals surface area contributed by atoms with Gasteiger partial charge < -0.3 is 9.47 Å². The molecule has 2 aliphatic rings. The molecule has 4 heterocycles. The van der Waals surface area contributed by atoms with Crippen LogP contribution in [0.4, 0.5) is 0 Å². The molecule has 2 aliphatic heterocycles. The average molecular weight is 424 g/mol. The number of fused-ring (bicyclic) bond motifs is 1. The van der Waals surface area contributed by atoms with E-state index < -0.39 is 0 Å². The summed E-state index contributed by atoms with van der Waals surface area (Å²) in [6.07, 6.45) is 2.33. The molecule has 0 amide bonds. The molecule has 1 unspecified atom stereocenters. The van der Waals surface area contributed by atoms with Crippen molar-refractivity contribution in [2.45, 2.75) is 25.9 Å². The molecule has 29 heavy (non-hydrogen) atoms. The molecule has 3 nitrogen and oxygen atoms in total. The van der Waals surface area contributed by atoms with Crippen molar-refractivity contribution in [3.05, 3.63) is 74.1 Å². The summed E-state index contributed by atoms with van der Waals surface area (Å²) < 4.78 is 12.2. The van der Waals surface area contributed by atoms with E-state index in [1.807, 2.05) is 6.07 Å². The Bertz CT molecular complexity index is 946. The molecule has 1 saturated heterocycles. The van der Waals surface area contributed by atoms with E-state index in [1.165, 1.54) is 22.3 Å². The highest BCUT2D eigenvalue weighted by Crippen LogP contribution is 2.35. The van der Waals surface area contributed by atoms with Crippen LogP contribution in [0.15, 0.2) is 57.4 Å². The van der Waals surface area contributed by atoms with E-state index in [0.29, 0.717) is 6.61 Å². The van der Waals surface area contributed by atoms with Gasteiger partial charge in [0.05, 0.1) is 0 Å². The van der Waals surface area contributed by atoms with Gasteiger partial charge in [-0.25, -0.2) is 0 Å². The predicted octanol–water partition coefficient (Wildman–Crippen LogP) is 5.86. The normalized spacial score (nSPS) is 19.3. The Kier molecular flexibility index (Phi) is 5.44. The van der Waals surface area contributed by atoms with Crippen LogP contribution in [-0.4, -0.2) is 37.2 Å². The summed E-state index contributed by atoms with van der Waals surface area (Å²) in [5, 5.41) is 8.91. The largest absolute Gasteiger partial charge is 0.486 e. The van der Waals surface area contributed by atoms with Gasteiger partial charge in [0, 0.05) is 19.6 Å². The molecule has 0 N–H and O–H groups in total. The number of benzene rings is 1. The van der Waals surface area contributed by atoms with Crippen molar-refractivity contribution in [3.63, 3.8) is 0 Å². The molecule has 1 fully saturated rings. The van der Waals surface area contributed by atoms with Gasteiger partial charge in [-0.05, 0) is 87.8 Å². The highest BCUT2D eigenvalue weighted by Gasteiger charge is 2.26. The lowest BCUT2D eigenvalue weighted by Gasteiger charge is -2.34. The van der Waals surface area contributed by atoms with Crippen LogP contribution >= 0.6 is 22.7 Å². The molecular formula is C24H25NO2S2. The van der Waals surface area contributed by atoms with Gasteiger partial charge in [0.2, 0.25) is 0 Å². The van der Waals surface area contributed by atoms with Gasteiger partial charge in [0.25, 0.3) is 0 Å². The second kappa shape index (κ2) is 8.34. The summed E-state index contributed by atoms with van der Waals surface area (Å²) in [6.45, 7) is 5.79. The SMILES string of the molecule is Cc1ccc2c(c1)OCC(CN1CCC(=C(c3ccsc3)c3ccsc3)CC1)O2. The van der Waals surface area contributed by atoms with E-state index >= 15 is 0 Å². The van der Waals surface area contributed by atoms with Crippen molar-refractivity contribution in [2.24, 2.45) is 0 Å². The van der Waals surface area contributed by atoms with Crippen LogP contribution in [0.3, 0.4) is 0 Å². The maximum atomic E-state index is 6.21. The second-order valence-corrected chi connectivity index (χ2v) is 9.36. The predicted molar refractivity (Wildman–Crippen MR) is 121 cm³/mol. The first kappa shape index (κ1) is 18.9. The Morgan fingerprint density at radius 2 is 1.72 bits per heavy atom. The molecular weight excluding hydrogens is 398 g/mol. The molecule has 5 rings (SSSR count). The van der Waals surface area contributed by atoms with Gasteiger partial charge in [-0.2, -0.15) is 22.7 Å². The number of rotatable bonds is 4. The number of likely N-dealkylation sites (tertiary alicyclic amines) is 1. The minimum atomic E-state index is 0.101. The number of hydrogen-bond acceptors (Lipinski definition) is 5. The van der Waals surface area contributed by atoms with Gasteiger partial charge in [0.1, 0.15) is 12.7 Å². The number of piperidine rings is 1. The van der Waals surface area contributed by atoms with Gasteiger partial charge in [-0.15, -0.1) is 0 Å². The third-order valence-electron chi connectivity index (χ3n) is 5.71.